The molecule has 1 aliphatic heterocycles. The van der Waals surface area contributed by atoms with Crippen molar-refractivity contribution in [2.24, 2.45) is 5.92 Å². The van der Waals surface area contributed by atoms with Gasteiger partial charge in [0.1, 0.15) is 6.61 Å². The van der Waals surface area contributed by atoms with Gasteiger partial charge < -0.3 is 19.0 Å². The van der Waals surface area contributed by atoms with Crippen LogP contribution < -0.4 is 0 Å². The fourth-order valence-electron chi connectivity index (χ4n) is 5.42. The summed E-state index contributed by atoms with van der Waals surface area (Å²) in [6.45, 7) is 11.2. The fourth-order valence-corrected chi connectivity index (χ4v) is 8.67. The van der Waals surface area contributed by atoms with Gasteiger partial charge in [-0.1, -0.05) is 88.4 Å². The Kier molecular flexibility index (Phi) is 12.1. The van der Waals surface area contributed by atoms with E-state index >= 15 is 0 Å². The molecule has 0 saturated carbocycles. The Morgan fingerprint density at radius 2 is 1.59 bits per heavy atom. The number of nitrogens with zero attached hydrogens (tertiary/aromatic N) is 1. The lowest BCUT2D eigenvalue weighted by atomic mass is 9.93. The molecule has 2 aromatic rings. The Morgan fingerprint density at radius 1 is 1.03 bits per heavy atom. The maximum Gasteiger partial charge on any atom is 0.266 e. The van der Waals surface area contributed by atoms with Crippen molar-refractivity contribution >= 4 is 31.6 Å². The second-order valence-corrected chi connectivity index (χ2v) is 15.8. The van der Waals surface area contributed by atoms with Crippen molar-refractivity contribution in [3.8, 4) is 0 Å². The lowest BCUT2D eigenvalue weighted by Gasteiger charge is -2.35. The molecule has 214 valence electrons. The molecule has 3 rings (SSSR count). The van der Waals surface area contributed by atoms with Gasteiger partial charge >= 0.3 is 0 Å². The molecule has 0 aromatic heterocycles. The maximum absolute atomic E-state index is 14.0. The summed E-state index contributed by atoms with van der Waals surface area (Å²) in [6, 6.07) is 22.6. The van der Waals surface area contributed by atoms with Gasteiger partial charge in [0, 0.05) is 6.10 Å². The summed E-state index contributed by atoms with van der Waals surface area (Å²) >= 11 is 5.46. The van der Waals surface area contributed by atoms with E-state index in [1.165, 1.54) is 4.90 Å². The number of carbonyl (C=O) groups excluding carboxylic acids is 1. The van der Waals surface area contributed by atoms with E-state index in [9.17, 15) is 9.90 Å². The number of carbonyl (C=O) groups is 1. The molecule has 6 nitrogen and oxygen atoms in total. The first-order valence-electron chi connectivity index (χ1n) is 14.3. The third-order valence-corrected chi connectivity index (χ3v) is 13.1. The minimum absolute atomic E-state index is 0.0203. The smallest absolute Gasteiger partial charge is 0.266 e. The molecule has 1 N–H and O–H groups in total. The molecule has 5 atom stereocenters. The molecule has 0 aliphatic carbocycles. The summed E-state index contributed by atoms with van der Waals surface area (Å²) in [5.41, 5.74) is 2.02. The summed E-state index contributed by atoms with van der Waals surface area (Å²) in [5.74, 6) is -0.590. The highest BCUT2D eigenvalue weighted by Crippen LogP contribution is 2.28. The maximum atomic E-state index is 14.0. The van der Waals surface area contributed by atoms with E-state index in [1.807, 2.05) is 67.6 Å². The Balaban J connectivity index is 1.78. The molecule has 1 amide bonds. The van der Waals surface area contributed by atoms with Crippen LogP contribution in [0.4, 0.5) is 0 Å². The predicted molar refractivity (Wildman–Crippen MR) is 162 cm³/mol. The molecule has 1 fully saturated rings. The van der Waals surface area contributed by atoms with Crippen LogP contribution in [0.1, 0.15) is 52.2 Å². The van der Waals surface area contributed by atoms with Crippen LogP contribution in [0.15, 0.2) is 60.7 Å². The van der Waals surface area contributed by atoms with Gasteiger partial charge in [0.2, 0.25) is 0 Å². The van der Waals surface area contributed by atoms with Crippen molar-refractivity contribution in [1.82, 2.24) is 4.90 Å². The van der Waals surface area contributed by atoms with Crippen LogP contribution in [0, 0.1) is 5.92 Å². The average Bonchev–Trinajstić information content (AvgIpc) is 3.32. The summed E-state index contributed by atoms with van der Waals surface area (Å²) in [7, 11) is -1.79. The zero-order valence-corrected chi connectivity index (χ0v) is 25.9. The van der Waals surface area contributed by atoms with Gasteiger partial charge in [0.05, 0.1) is 18.8 Å². The second kappa shape index (κ2) is 15.0. The van der Waals surface area contributed by atoms with Gasteiger partial charge in [-0.3, -0.25) is 9.69 Å². The topological polar surface area (TPSA) is 68.2 Å². The van der Waals surface area contributed by atoms with Crippen LogP contribution >= 0.6 is 12.2 Å². The van der Waals surface area contributed by atoms with Gasteiger partial charge in [-0.25, -0.2) is 0 Å². The van der Waals surface area contributed by atoms with E-state index in [2.05, 4.69) is 27.7 Å². The predicted octanol–water partition coefficient (Wildman–Crippen LogP) is 6.12. The zero-order valence-electron chi connectivity index (χ0n) is 24.0. The number of rotatable bonds is 15. The summed E-state index contributed by atoms with van der Waals surface area (Å²) in [6.07, 6.45) is -0.909. The molecule has 39 heavy (non-hydrogen) atoms. The third kappa shape index (κ3) is 8.44. The lowest BCUT2D eigenvalue weighted by Crippen LogP contribution is -2.52. The Labute approximate surface area is 240 Å². The first kappa shape index (κ1) is 31.4. The van der Waals surface area contributed by atoms with Gasteiger partial charge in [0.25, 0.3) is 11.1 Å². The Hall–Kier alpha value is -2.10. The Bertz CT molecular complexity index is 1030. The molecule has 2 aromatic carbocycles. The van der Waals surface area contributed by atoms with E-state index < -0.39 is 20.5 Å². The standard InChI is InChI=1S/C31H45NO5SSi/c1-6-39(7-2,8-3)37-24(5)19-23(4)28(33)29(35-21-26-17-13-10-14-18-26)30(34)32-27(22-36-31(32)38)20-25-15-11-9-12-16-25/h9-18,23-24,27-29,33H,6-8,19-22H2,1-5H3/t23-,24-,27+,28-,29-/m1/s1. The van der Waals surface area contributed by atoms with Gasteiger partial charge in [-0.15, -0.1) is 0 Å². The zero-order chi connectivity index (χ0) is 28.4. The van der Waals surface area contributed by atoms with E-state index in [4.69, 9.17) is 26.1 Å². The number of aliphatic hydroxyl groups is 1. The molecule has 0 unspecified atom stereocenters. The van der Waals surface area contributed by atoms with E-state index in [1.54, 1.807) is 0 Å². The highest BCUT2D eigenvalue weighted by molar-refractivity contribution is 7.80. The summed E-state index contributed by atoms with van der Waals surface area (Å²) in [4.78, 5) is 15.5. The number of hydrogen-bond donors (Lipinski definition) is 1. The first-order chi connectivity index (χ1) is 18.7. The molecule has 0 bridgehead atoms. The van der Waals surface area contributed by atoms with Crippen molar-refractivity contribution in [2.75, 3.05) is 6.61 Å². The van der Waals surface area contributed by atoms with Crippen LogP contribution in [0.5, 0.6) is 0 Å². The van der Waals surface area contributed by atoms with Gasteiger partial charge in [-0.2, -0.15) is 0 Å². The van der Waals surface area contributed by atoms with Gasteiger partial charge in [0.15, 0.2) is 14.4 Å². The van der Waals surface area contributed by atoms with Crippen molar-refractivity contribution < 1.29 is 23.8 Å². The fraction of sp³-hybridized carbons (Fsp3) is 0.548. The molecule has 0 radical (unpaired) electrons. The second-order valence-electron chi connectivity index (χ2n) is 10.7. The number of ether oxygens (including phenoxy) is 2. The highest BCUT2D eigenvalue weighted by Gasteiger charge is 2.43. The molecule has 1 heterocycles. The van der Waals surface area contributed by atoms with Crippen molar-refractivity contribution in [2.45, 2.75) is 96.6 Å². The van der Waals surface area contributed by atoms with Crippen molar-refractivity contribution in [3.05, 3.63) is 71.8 Å². The first-order valence-corrected chi connectivity index (χ1v) is 17.2. The normalized spacial score (nSPS) is 18.9. The van der Waals surface area contributed by atoms with Crippen LogP contribution in [0.2, 0.25) is 18.1 Å². The van der Waals surface area contributed by atoms with E-state index in [0.717, 1.165) is 29.3 Å². The summed E-state index contributed by atoms with van der Waals surface area (Å²) < 4.78 is 18.5. The van der Waals surface area contributed by atoms with E-state index in [-0.39, 0.29) is 35.8 Å². The number of benzene rings is 2. The van der Waals surface area contributed by atoms with Crippen molar-refractivity contribution in [3.63, 3.8) is 0 Å². The Morgan fingerprint density at radius 3 is 2.15 bits per heavy atom. The third-order valence-electron chi connectivity index (χ3n) is 8.01. The number of hydrogen-bond acceptors (Lipinski definition) is 6. The SMILES string of the molecule is CC[Si](CC)(CC)O[C@H](C)C[C@@H](C)[C@@H](O)[C@@H](OCc1ccccc1)C(=O)N1C(=S)OC[C@@H]1Cc1ccccc1. The van der Waals surface area contributed by atoms with Crippen LogP contribution in [-0.2, 0) is 31.7 Å². The minimum Gasteiger partial charge on any atom is -0.468 e. The number of aliphatic hydroxyl groups excluding tert-OH is 1. The van der Waals surface area contributed by atoms with E-state index in [0.29, 0.717) is 19.4 Å². The quantitative estimate of drug-likeness (QED) is 0.205. The summed E-state index contributed by atoms with van der Waals surface area (Å²) in [5, 5.41) is 11.7. The molecule has 0 spiro atoms. The average molecular weight is 572 g/mol. The molecule has 1 saturated heterocycles. The van der Waals surface area contributed by atoms with Crippen LogP contribution in [0.25, 0.3) is 0 Å². The monoisotopic (exact) mass is 571 g/mol. The molecular formula is C31H45NO5SSi. The highest BCUT2D eigenvalue weighted by atomic mass is 32.1. The lowest BCUT2D eigenvalue weighted by molar-refractivity contribution is -0.153. The van der Waals surface area contributed by atoms with Crippen LogP contribution in [0.3, 0.4) is 0 Å². The number of thiocarbonyl (C=S) groups is 1. The van der Waals surface area contributed by atoms with Crippen LogP contribution in [-0.4, -0.2) is 60.4 Å². The molecule has 8 heteroatoms. The largest absolute Gasteiger partial charge is 0.468 e. The van der Waals surface area contributed by atoms with Crippen molar-refractivity contribution in [1.29, 1.82) is 0 Å². The minimum atomic E-state index is -1.79. The van der Waals surface area contributed by atoms with Gasteiger partial charge in [-0.05, 0) is 67.2 Å². The molecular weight excluding hydrogens is 526 g/mol. The molecule has 1 aliphatic rings. The number of amides is 1.